The van der Waals surface area contributed by atoms with Gasteiger partial charge >= 0.3 is 5.97 Å². The minimum Gasteiger partial charge on any atom is -0.467 e. The van der Waals surface area contributed by atoms with Crippen LogP contribution in [0.15, 0.2) is 30.3 Å². The number of nitrogens with one attached hydrogen (secondary N) is 1. The molecule has 0 spiro atoms. The maximum Gasteiger partial charge on any atom is 0.328 e. The zero-order chi connectivity index (χ0) is 12.7. The van der Waals surface area contributed by atoms with Crippen LogP contribution in [0.3, 0.4) is 0 Å². The van der Waals surface area contributed by atoms with Gasteiger partial charge in [-0.15, -0.1) is 0 Å². The molecule has 1 N–H and O–H groups in total. The number of rotatable bonds is 6. The van der Waals surface area contributed by atoms with E-state index in [2.05, 4.69) is 5.32 Å². The maximum atomic E-state index is 11.7. The van der Waals surface area contributed by atoms with E-state index in [1.165, 1.54) is 7.11 Å². The van der Waals surface area contributed by atoms with Crippen LogP contribution in [-0.4, -0.2) is 32.8 Å². The Labute approximate surface area is 102 Å². The number of esters is 1. The van der Waals surface area contributed by atoms with Crippen LogP contribution >= 0.6 is 0 Å². The number of anilines is 1. The lowest BCUT2D eigenvalue weighted by atomic mass is 10.0. The minimum absolute atomic E-state index is 0.0349. The molecule has 0 fully saturated rings. The molecule has 4 nitrogen and oxygen atoms in total. The second-order valence-corrected chi connectivity index (χ2v) is 3.94. The summed E-state index contributed by atoms with van der Waals surface area (Å²) in [7, 11) is 3.01. The monoisotopic (exact) mass is 237 g/mol. The molecule has 1 rings (SSSR count). The van der Waals surface area contributed by atoms with Gasteiger partial charge in [-0.2, -0.15) is 0 Å². The van der Waals surface area contributed by atoms with Crippen molar-refractivity contribution in [2.24, 2.45) is 5.92 Å². The van der Waals surface area contributed by atoms with E-state index in [1.807, 2.05) is 37.3 Å². The SMILES string of the molecule is COCC(C)C(Nc1ccccc1)C(=O)OC. The molecule has 0 saturated heterocycles. The summed E-state index contributed by atoms with van der Waals surface area (Å²) in [5.41, 5.74) is 0.894. The van der Waals surface area contributed by atoms with Crippen LogP contribution in [0.1, 0.15) is 6.92 Å². The zero-order valence-electron chi connectivity index (χ0n) is 10.5. The van der Waals surface area contributed by atoms with Crippen molar-refractivity contribution >= 4 is 11.7 Å². The average Bonchev–Trinajstić information content (AvgIpc) is 2.36. The normalized spacial score (nSPS) is 13.8. The Morgan fingerprint density at radius 2 is 1.94 bits per heavy atom. The Bertz CT molecular complexity index is 340. The molecule has 0 amide bonds. The number of methoxy groups -OCH3 is 2. The van der Waals surface area contributed by atoms with Gasteiger partial charge < -0.3 is 14.8 Å². The van der Waals surface area contributed by atoms with Gasteiger partial charge in [0.2, 0.25) is 0 Å². The van der Waals surface area contributed by atoms with E-state index in [0.29, 0.717) is 6.61 Å². The smallest absolute Gasteiger partial charge is 0.328 e. The number of ether oxygens (including phenoxy) is 2. The largest absolute Gasteiger partial charge is 0.467 e. The highest BCUT2D eigenvalue weighted by molar-refractivity contribution is 5.79. The number of hydrogen-bond acceptors (Lipinski definition) is 4. The lowest BCUT2D eigenvalue weighted by molar-refractivity contribution is -0.143. The van der Waals surface area contributed by atoms with Gasteiger partial charge in [0.15, 0.2) is 0 Å². The molecule has 0 heterocycles. The Morgan fingerprint density at radius 3 is 2.47 bits per heavy atom. The summed E-state index contributed by atoms with van der Waals surface area (Å²) in [5, 5.41) is 3.16. The van der Waals surface area contributed by atoms with Crippen molar-refractivity contribution in [2.45, 2.75) is 13.0 Å². The van der Waals surface area contributed by atoms with Gasteiger partial charge in [-0.25, -0.2) is 4.79 Å². The van der Waals surface area contributed by atoms with Crippen LogP contribution in [0.2, 0.25) is 0 Å². The molecule has 0 aliphatic heterocycles. The third-order valence-corrected chi connectivity index (χ3v) is 2.55. The fraction of sp³-hybridized carbons (Fsp3) is 0.462. The Hall–Kier alpha value is -1.55. The third kappa shape index (κ3) is 4.07. The lowest BCUT2D eigenvalue weighted by Gasteiger charge is -2.23. The molecule has 0 radical (unpaired) electrons. The molecule has 94 valence electrons. The van der Waals surface area contributed by atoms with E-state index in [-0.39, 0.29) is 11.9 Å². The van der Waals surface area contributed by atoms with Crippen molar-refractivity contribution in [2.75, 3.05) is 26.1 Å². The Balaban J connectivity index is 2.73. The van der Waals surface area contributed by atoms with Crippen LogP contribution < -0.4 is 5.32 Å². The molecule has 4 heteroatoms. The number of benzene rings is 1. The highest BCUT2D eigenvalue weighted by Crippen LogP contribution is 2.14. The minimum atomic E-state index is -0.401. The first-order valence-corrected chi connectivity index (χ1v) is 5.57. The Kier molecular flexibility index (Phi) is 5.49. The van der Waals surface area contributed by atoms with Crippen LogP contribution in [0.25, 0.3) is 0 Å². The molecule has 2 atom stereocenters. The first kappa shape index (κ1) is 13.5. The zero-order valence-corrected chi connectivity index (χ0v) is 10.5. The van der Waals surface area contributed by atoms with E-state index < -0.39 is 6.04 Å². The maximum absolute atomic E-state index is 11.7. The van der Waals surface area contributed by atoms with Crippen LogP contribution in [0.4, 0.5) is 5.69 Å². The standard InChI is InChI=1S/C13H19NO3/c1-10(9-16-2)12(13(15)17-3)14-11-7-5-4-6-8-11/h4-8,10,12,14H,9H2,1-3H3. The molecule has 17 heavy (non-hydrogen) atoms. The predicted molar refractivity (Wildman–Crippen MR) is 66.9 cm³/mol. The van der Waals surface area contributed by atoms with E-state index in [4.69, 9.17) is 9.47 Å². The van der Waals surface area contributed by atoms with E-state index in [0.717, 1.165) is 5.69 Å². The van der Waals surface area contributed by atoms with Crippen LogP contribution in [0, 0.1) is 5.92 Å². The first-order chi connectivity index (χ1) is 8.19. The molecule has 0 aliphatic rings. The predicted octanol–water partition coefficient (Wildman–Crippen LogP) is 1.92. The highest BCUT2D eigenvalue weighted by Gasteiger charge is 2.25. The topological polar surface area (TPSA) is 47.6 Å². The molecular weight excluding hydrogens is 218 g/mol. The summed E-state index contributed by atoms with van der Waals surface area (Å²) in [5.74, 6) is -0.244. The second-order valence-electron chi connectivity index (χ2n) is 3.94. The summed E-state index contributed by atoms with van der Waals surface area (Å²) in [6.45, 7) is 2.45. The summed E-state index contributed by atoms with van der Waals surface area (Å²) in [4.78, 5) is 11.7. The molecule has 1 aromatic rings. The fourth-order valence-electron chi connectivity index (χ4n) is 1.63. The molecule has 1 aromatic carbocycles. The van der Waals surface area contributed by atoms with Gasteiger partial charge in [0.05, 0.1) is 13.7 Å². The number of para-hydroxylation sites is 1. The van der Waals surface area contributed by atoms with Gasteiger partial charge in [-0.3, -0.25) is 0 Å². The van der Waals surface area contributed by atoms with Crippen molar-refractivity contribution in [1.82, 2.24) is 0 Å². The summed E-state index contributed by atoms with van der Waals surface area (Å²) in [6, 6.07) is 9.18. The summed E-state index contributed by atoms with van der Waals surface area (Å²) >= 11 is 0. The molecule has 0 saturated carbocycles. The summed E-state index contributed by atoms with van der Waals surface area (Å²) < 4.78 is 9.86. The molecule has 0 aromatic heterocycles. The van der Waals surface area contributed by atoms with Gasteiger partial charge in [0.25, 0.3) is 0 Å². The molecule has 0 aliphatic carbocycles. The van der Waals surface area contributed by atoms with Gasteiger partial charge in [0.1, 0.15) is 6.04 Å². The van der Waals surface area contributed by atoms with Crippen LogP contribution in [0.5, 0.6) is 0 Å². The van der Waals surface area contributed by atoms with Crippen molar-refractivity contribution in [3.63, 3.8) is 0 Å². The highest BCUT2D eigenvalue weighted by atomic mass is 16.5. The van der Waals surface area contributed by atoms with E-state index in [9.17, 15) is 4.79 Å². The number of hydrogen-bond donors (Lipinski definition) is 1. The molecule has 2 unspecified atom stereocenters. The van der Waals surface area contributed by atoms with Gasteiger partial charge in [-0.1, -0.05) is 25.1 Å². The van der Waals surface area contributed by atoms with Crippen molar-refractivity contribution < 1.29 is 14.3 Å². The molecule has 0 bridgehead atoms. The molecular formula is C13H19NO3. The van der Waals surface area contributed by atoms with Crippen molar-refractivity contribution in [1.29, 1.82) is 0 Å². The van der Waals surface area contributed by atoms with E-state index >= 15 is 0 Å². The fourth-order valence-corrected chi connectivity index (χ4v) is 1.63. The lowest BCUT2D eigenvalue weighted by Crippen LogP contribution is -2.38. The van der Waals surface area contributed by atoms with E-state index in [1.54, 1.807) is 7.11 Å². The van der Waals surface area contributed by atoms with Crippen molar-refractivity contribution in [3.05, 3.63) is 30.3 Å². The summed E-state index contributed by atoms with van der Waals surface area (Å²) in [6.07, 6.45) is 0. The van der Waals surface area contributed by atoms with Crippen LogP contribution in [-0.2, 0) is 14.3 Å². The van der Waals surface area contributed by atoms with Gasteiger partial charge in [-0.05, 0) is 12.1 Å². The Morgan fingerprint density at radius 1 is 1.29 bits per heavy atom. The van der Waals surface area contributed by atoms with Crippen molar-refractivity contribution in [3.8, 4) is 0 Å². The quantitative estimate of drug-likeness (QED) is 0.768. The third-order valence-electron chi connectivity index (χ3n) is 2.55. The second kappa shape index (κ2) is 6.91. The average molecular weight is 237 g/mol. The van der Waals surface area contributed by atoms with Gasteiger partial charge in [0, 0.05) is 18.7 Å². The number of carbonyl (C=O) groups is 1. The number of carbonyl (C=O) groups excluding carboxylic acids is 1. The first-order valence-electron chi connectivity index (χ1n) is 5.57.